The largest absolute Gasteiger partial charge is 0.345 e. The van der Waals surface area contributed by atoms with Gasteiger partial charge in [0.15, 0.2) is 4.96 Å². The molecule has 22 heavy (non-hydrogen) atoms. The van der Waals surface area contributed by atoms with Gasteiger partial charge in [0.2, 0.25) is 0 Å². The number of carbonyl (C=O) groups is 1. The fraction of sp³-hybridized carbons (Fsp3) is 0.188. The summed E-state index contributed by atoms with van der Waals surface area (Å²) in [6.07, 6.45) is 1.35. The summed E-state index contributed by atoms with van der Waals surface area (Å²) >= 11 is 1.38. The second-order valence-corrected chi connectivity index (χ2v) is 5.91. The zero-order valence-corrected chi connectivity index (χ0v) is 13.1. The minimum atomic E-state index is -0.408. The topological polar surface area (TPSA) is 63.5 Å². The van der Waals surface area contributed by atoms with Crippen molar-refractivity contribution in [2.24, 2.45) is 0 Å². The zero-order chi connectivity index (χ0) is 15.7. The molecule has 0 saturated carbocycles. The molecule has 0 aliphatic carbocycles. The molecule has 0 aliphatic heterocycles. The van der Waals surface area contributed by atoms with Gasteiger partial charge in [0.25, 0.3) is 11.5 Å². The highest BCUT2D eigenvalue weighted by molar-refractivity contribution is 7.15. The average molecular weight is 313 g/mol. The first kappa shape index (κ1) is 14.5. The molecule has 3 aromatic rings. The molecular weight excluding hydrogens is 298 g/mol. The minimum Gasteiger partial charge on any atom is -0.345 e. The molecule has 0 radical (unpaired) electrons. The van der Waals surface area contributed by atoms with Crippen molar-refractivity contribution >= 4 is 22.2 Å². The summed E-state index contributed by atoms with van der Waals surface area (Å²) in [5.41, 5.74) is 1.49. The van der Waals surface area contributed by atoms with Crippen LogP contribution >= 0.6 is 11.3 Å². The number of nitrogens with one attached hydrogen (secondary N) is 1. The van der Waals surface area contributed by atoms with Crippen molar-refractivity contribution in [1.82, 2.24) is 14.7 Å². The molecule has 1 aromatic carbocycles. The van der Waals surface area contributed by atoms with Gasteiger partial charge in [-0.2, -0.15) is 0 Å². The number of hydrogen-bond acceptors (Lipinski definition) is 4. The monoisotopic (exact) mass is 313 g/mol. The summed E-state index contributed by atoms with van der Waals surface area (Å²) < 4.78 is 1.47. The van der Waals surface area contributed by atoms with Crippen LogP contribution in [-0.2, 0) is 0 Å². The Kier molecular flexibility index (Phi) is 3.77. The van der Waals surface area contributed by atoms with Gasteiger partial charge in [-0.1, -0.05) is 30.3 Å². The van der Waals surface area contributed by atoms with Crippen LogP contribution in [0.25, 0.3) is 4.96 Å². The molecule has 0 aliphatic rings. The highest BCUT2D eigenvalue weighted by atomic mass is 32.1. The summed E-state index contributed by atoms with van der Waals surface area (Å²) in [6.45, 7) is 3.70. The Bertz CT molecular complexity index is 883. The lowest BCUT2D eigenvalue weighted by molar-refractivity contribution is 0.0938. The molecule has 3 rings (SSSR count). The SMILES string of the molecule is Cc1csc2ncc(C(=O)N[C@H](C)c3ccccc3)c(=O)n12. The quantitative estimate of drug-likeness (QED) is 0.808. The van der Waals surface area contributed by atoms with Gasteiger partial charge < -0.3 is 5.32 Å². The number of thiazole rings is 1. The highest BCUT2D eigenvalue weighted by Crippen LogP contribution is 2.13. The summed E-state index contributed by atoms with van der Waals surface area (Å²) in [7, 11) is 0. The van der Waals surface area contributed by atoms with Crippen molar-refractivity contribution in [3.63, 3.8) is 0 Å². The normalized spacial score (nSPS) is 12.3. The van der Waals surface area contributed by atoms with Gasteiger partial charge in [-0.25, -0.2) is 4.98 Å². The van der Waals surface area contributed by atoms with E-state index in [9.17, 15) is 9.59 Å². The molecular formula is C16H15N3O2S. The molecule has 1 N–H and O–H groups in total. The standard InChI is InChI=1S/C16H15N3O2S/c1-10-9-22-16-17-8-13(15(21)19(10)16)14(20)18-11(2)12-6-4-3-5-7-12/h3-9,11H,1-2H3,(H,18,20)/t11-/m1/s1. The van der Waals surface area contributed by atoms with Crippen LogP contribution in [0.2, 0.25) is 0 Å². The van der Waals surface area contributed by atoms with E-state index in [1.54, 1.807) is 0 Å². The van der Waals surface area contributed by atoms with Crippen molar-refractivity contribution in [2.75, 3.05) is 0 Å². The Morgan fingerprint density at radius 3 is 2.77 bits per heavy atom. The second kappa shape index (κ2) is 5.73. The van der Waals surface area contributed by atoms with Crippen molar-refractivity contribution in [1.29, 1.82) is 0 Å². The number of fused-ring (bicyclic) bond motifs is 1. The van der Waals surface area contributed by atoms with Gasteiger partial charge in [-0.15, -0.1) is 11.3 Å². The fourth-order valence-corrected chi connectivity index (χ4v) is 3.11. The van der Waals surface area contributed by atoms with E-state index < -0.39 is 5.91 Å². The third-order valence-electron chi connectivity index (χ3n) is 3.51. The van der Waals surface area contributed by atoms with E-state index in [-0.39, 0.29) is 17.2 Å². The number of rotatable bonds is 3. The Morgan fingerprint density at radius 2 is 2.05 bits per heavy atom. The molecule has 0 fully saturated rings. The lowest BCUT2D eigenvalue weighted by Crippen LogP contribution is -2.33. The maximum atomic E-state index is 12.4. The maximum absolute atomic E-state index is 12.4. The lowest BCUT2D eigenvalue weighted by Gasteiger charge is -2.13. The number of carbonyl (C=O) groups excluding carboxylic acids is 1. The fourth-order valence-electron chi connectivity index (χ4n) is 2.28. The van der Waals surface area contributed by atoms with E-state index in [1.807, 2.05) is 49.6 Å². The predicted octanol–water partition coefficient (Wildman–Crippen LogP) is 2.56. The predicted molar refractivity (Wildman–Crippen MR) is 86.4 cm³/mol. The molecule has 0 unspecified atom stereocenters. The molecule has 0 spiro atoms. The van der Waals surface area contributed by atoms with E-state index in [1.165, 1.54) is 21.9 Å². The van der Waals surface area contributed by atoms with Crippen LogP contribution in [0, 0.1) is 6.92 Å². The summed E-state index contributed by atoms with van der Waals surface area (Å²) in [4.78, 5) is 29.6. The van der Waals surface area contributed by atoms with Crippen molar-refractivity contribution in [3.05, 3.63) is 69.1 Å². The van der Waals surface area contributed by atoms with Gasteiger partial charge in [0, 0.05) is 17.3 Å². The lowest BCUT2D eigenvalue weighted by atomic mass is 10.1. The number of aromatic nitrogens is 2. The molecule has 2 heterocycles. The van der Waals surface area contributed by atoms with E-state index in [0.717, 1.165) is 11.3 Å². The van der Waals surface area contributed by atoms with Crippen molar-refractivity contribution in [3.8, 4) is 0 Å². The molecule has 2 aromatic heterocycles. The van der Waals surface area contributed by atoms with Crippen molar-refractivity contribution in [2.45, 2.75) is 19.9 Å². The number of benzene rings is 1. The van der Waals surface area contributed by atoms with E-state index in [0.29, 0.717) is 4.96 Å². The molecule has 5 nitrogen and oxygen atoms in total. The van der Waals surface area contributed by atoms with Gasteiger partial charge in [0.1, 0.15) is 5.56 Å². The maximum Gasteiger partial charge on any atom is 0.271 e. The van der Waals surface area contributed by atoms with Crippen molar-refractivity contribution < 1.29 is 4.79 Å². The molecule has 6 heteroatoms. The second-order valence-electron chi connectivity index (χ2n) is 5.08. The molecule has 0 bridgehead atoms. The van der Waals surface area contributed by atoms with Crippen LogP contribution in [0.4, 0.5) is 0 Å². The first-order valence-corrected chi connectivity index (χ1v) is 7.77. The third-order valence-corrected chi connectivity index (χ3v) is 4.47. The Balaban J connectivity index is 1.91. The smallest absolute Gasteiger partial charge is 0.271 e. The number of amides is 1. The number of nitrogens with zero attached hydrogens (tertiary/aromatic N) is 2. The van der Waals surface area contributed by atoms with Crippen LogP contribution in [-0.4, -0.2) is 15.3 Å². The summed E-state index contributed by atoms with van der Waals surface area (Å²) in [6, 6.07) is 9.42. The number of aryl methyl sites for hydroxylation is 1. The van der Waals surface area contributed by atoms with Crippen LogP contribution in [0.3, 0.4) is 0 Å². The van der Waals surface area contributed by atoms with Crippen LogP contribution < -0.4 is 10.9 Å². The van der Waals surface area contributed by atoms with E-state index >= 15 is 0 Å². The Hall–Kier alpha value is -2.47. The molecule has 1 amide bonds. The zero-order valence-electron chi connectivity index (χ0n) is 12.2. The summed E-state index contributed by atoms with van der Waals surface area (Å²) in [5.74, 6) is -0.408. The third kappa shape index (κ3) is 2.53. The molecule has 0 saturated heterocycles. The Labute approximate surface area is 131 Å². The average Bonchev–Trinajstić information content (AvgIpc) is 2.90. The van der Waals surface area contributed by atoms with Gasteiger partial charge in [0.05, 0.1) is 6.04 Å². The minimum absolute atomic E-state index is 0.0572. The molecule has 1 atom stereocenters. The number of hydrogen-bond donors (Lipinski definition) is 1. The summed E-state index contributed by atoms with van der Waals surface area (Å²) in [5, 5.41) is 4.69. The van der Waals surface area contributed by atoms with Gasteiger partial charge in [-0.3, -0.25) is 14.0 Å². The van der Waals surface area contributed by atoms with Crippen LogP contribution in [0.5, 0.6) is 0 Å². The first-order valence-electron chi connectivity index (χ1n) is 6.89. The van der Waals surface area contributed by atoms with Gasteiger partial charge in [-0.05, 0) is 19.4 Å². The van der Waals surface area contributed by atoms with E-state index in [4.69, 9.17) is 0 Å². The van der Waals surface area contributed by atoms with E-state index in [2.05, 4.69) is 10.3 Å². The first-order chi connectivity index (χ1) is 10.6. The van der Waals surface area contributed by atoms with Crippen LogP contribution in [0.15, 0.2) is 46.7 Å². The highest BCUT2D eigenvalue weighted by Gasteiger charge is 2.17. The van der Waals surface area contributed by atoms with Crippen LogP contribution in [0.1, 0.15) is 34.6 Å². The molecule has 112 valence electrons. The Morgan fingerprint density at radius 1 is 1.32 bits per heavy atom. The van der Waals surface area contributed by atoms with Gasteiger partial charge >= 0.3 is 0 Å².